The molecule has 0 amide bonds. The highest BCUT2D eigenvalue weighted by Gasteiger charge is 2.37. The van der Waals surface area contributed by atoms with Crippen molar-refractivity contribution in [1.82, 2.24) is 5.32 Å². The van der Waals surface area contributed by atoms with E-state index in [2.05, 4.69) is 5.32 Å². The van der Waals surface area contributed by atoms with Gasteiger partial charge in [0.25, 0.3) is 0 Å². The predicted octanol–water partition coefficient (Wildman–Crippen LogP) is 2.28. The highest BCUT2D eigenvalue weighted by molar-refractivity contribution is 6.30. The van der Waals surface area contributed by atoms with Crippen molar-refractivity contribution >= 4 is 11.6 Å². The van der Waals surface area contributed by atoms with Crippen LogP contribution in [0.4, 0.5) is 0 Å². The summed E-state index contributed by atoms with van der Waals surface area (Å²) in [4.78, 5) is 10.8. The lowest BCUT2D eigenvalue weighted by Crippen LogP contribution is -2.29. The van der Waals surface area contributed by atoms with Crippen molar-refractivity contribution < 1.29 is 9.66 Å². The number of halogens is 1. The van der Waals surface area contributed by atoms with E-state index in [4.69, 9.17) is 16.3 Å². The maximum Gasteiger partial charge on any atom is 0.229 e. The molecule has 0 radical (unpaired) electrons. The van der Waals surface area contributed by atoms with Crippen molar-refractivity contribution in [2.75, 3.05) is 20.2 Å². The van der Waals surface area contributed by atoms with E-state index in [1.807, 2.05) is 12.1 Å². The Balaban J connectivity index is 2.06. The van der Waals surface area contributed by atoms with Gasteiger partial charge >= 0.3 is 0 Å². The van der Waals surface area contributed by atoms with Crippen molar-refractivity contribution in [3.05, 3.63) is 45.0 Å². The Morgan fingerprint density at radius 1 is 1.47 bits per heavy atom. The summed E-state index contributed by atoms with van der Waals surface area (Å²) in [6.45, 7) is 1.10. The molecule has 1 aliphatic heterocycles. The maximum atomic E-state index is 11.0. The first-order valence-corrected chi connectivity index (χ1v) is 6.62. The second-order valence-corrected chi connectivity index (χ2v) is 5.22. The molecule has 1 heterocycles. The highest BCUT2D eigenvalue weighted by atomic mass is 35.5. The van der Waals surface area contributed by atoms with Crippen molar-refractivity contribution in [3.8, 4) is 0 Å². The lowest BCUT2D eigenvalue weighted by atomic mass is 9.93. The number of hydrogen-bond acceptors (Lipinski definition) is 4. The quantitative estimate of drug-likeness (QED) is 0.665. The van der Waals surface area contributed by atoms with E-state index in [0.29, 0.717) is 24.5 Å². The largest absolute Gasteiger partial charge is 0.377 e. The number of nitrogens with one attached hydrogen (secondary N) is 1. The third kappa shape index (κ3) is 3.43. The normalized spacial score (nSPS) is 24.3. The number of methoxy groups -OCH3 is 1. The summed E-state index contributed by atoms with van der Waals surface area (Å²) in [7, 11) is 1.63. The monoisotopic (exact) mass is 284 g/mol. The molecule has 0 aliphatic carbocycles. The first kappa shape index (κ1) is 14.2. The van der Waals surface area contributed by atoms with Crippen molar-refractivity contribution in [2.24, 2.45) is 5.92 Å². The molecule has 0 bridgehead atoms. The molecule has 1 N–H and O–H groups in total. The van der Waals surface area contributed by atoms with Crippen molar-refractivity contribution in [1.29, 1.82) is 0 Å². The van der Waals surface area contributed by atoms with Gasteiger partial charge in [0.2, 0.25) is 6.04 Å². The van der Waals surface area contributed by atoms with Crippen LogP contribution in [0.2, 0.25) is 5.02 Å². The Kier molecular flexibility index (Phi) is 4.74. The first-order chi connectivity index (χ1) is 9.11. The summed E-state index contributed by atoms with van der Waals surface area (Å²) in [5.74, 6) is -0.00405. The second-order valence-electron chi connectivity index (χ2n) is 4.78. The molecule has 5 nitrogen and oxygen atoms in total. The minimum absolute atomic E-state index is 0.00405. The van der Waals surface area contributed by atoms with Crippen LogP contribution in [0.15, 0.2) is 24.3 Å². The zero-order valence-corrected chi connectivity index (χ0v) is 11.5. The number of nitrogens with zero attached hydrogens (tertiary/aromatic N) is 1. The van der Waals surface area contributed by atoms with E-state index in [1.165, 1.54) is 0 Å². The van der Waals surface area contributed by atoms with E-state index < -0.39 is 6.04 Å². The van der Waals surface area contributed by atoms with Gasteiger partial charge in [0.15, 0.2) is 0 Å². The molecule has 19 heavy (non-hydrogen) atoms. The van der Waals surface area contributed by atoms with Crippen LogP contribution in [-0.4, -0.2) is 31.2 Å². The van der Waals surface area contributed by atoms with Gasteiger partial charge < -0.3 is 10.1 Å². The number of benzene rings is 1. The zero-order chi connectivity index (χ0) is 13.8. The number of rotatable bonds is 5. The Hall–Kier alpha value is -1.17. The van der Waals surface area contributed by atoms with E-state index in [9.17, 15) is 10.1 Å². The molecule has 0 saturated carbocycles. The van der Waals surface area contributed by atoms with Gasteiger partial charge in [0.05, 0.1) is 12.6 Å². The van der Waals surface area contributed by atoms with E-state index in [-0.39, 0.29) is 16.9 Å². The van der Waals surface area contributed by atoms with Crippen molar-refractivity contribution in [3.63, 3.8) is 0 Å². The minimum Gasteiger partial charge on any atom is -0.377 e. The third-order valence-corrected chi connectivity index (χ3v) is 3.87. The van der Waals surface area contributed by atoms with Crippen LogP contribution in [0, 0.1) is 16.0 Å². The topological polar surface area (TPSA) is 64.4 Å². The summed E-state index contributed by atoms with van der Waals surface area (Å²) in [6.07, 6.45) is 0.501. The van der Waals surface area contributed by atoms with Gasteiger partial charge in [-0.15, -0.1) is 0 Å². The summed E-state index contributed by atoms with van der Waals surface area (Å²) >= 11 is 5.85. The van der Waals surface area contributed by atoms with Gasteiger partial charge in [-0.05, 0) is 24.1 Å². The molecule has 3 atom stereocenters. The zero-order valence-electron chi connectivity index (χ0n) is 10.7. The van der Waals surface area contributed by atoms with E-state index in [1.54, 1.807) is 19.2 Å². The van der Waals surface area contributed by atoms with Crippen LogP contribution in [-0.2, 0) is 4.74 Å². The average Bonchev–Trinajstić information content (AvgIpc) is 2.85. The van der Waals surface area contributed by atoms with Crippen LogP contribution in [0.3, 0.4) is 0 Å². The summed E-state index contributed by atoms with van der Waals surface area (Å²) < 4.78 is 5.47. The fourth-order valence-electron chi connectivity index (χ4n) is 2.53. The standard InChI is InChI=1S/C13H17ClN2O3/c1-19-13(9-2-4-11(14)5-3-9)6-10-7-15-8-12(10)16(17)18/h2-5,10,12-13,15H,6-8H2,1H3. The second kappa shape index (κ2) is 6.32. The lowest BCUT2D eigenvalue weighted by molar-refractivity contribution is -0.525. The van der Waals surface area contributed by atoms with E-state index >= 15 is 0 Å². The molecule has 0 aromatic heterocycles. The molecule has 6 heteroatoms. The van der Waals surface area contributed by atoms with Gasteiger partial charge in [-0.3, -0.25) is 10.1 Å². The first-order valence-electron chi connectivity index (χ1n) is 6.24. The molecule has 1 fully saturated rings. The lowest BCUT2D eigenvalue weighted by Gasteiger charge is -2.20. The molecule has 3 unspecified atom stereocenters. The Morgan fingerprint density at radius 2 is 2.16 bits per heavy atom. The van der Waals surface area contributed by atoms with Crippen LogP contribution in [0.25, 0.3) is 0 Å². The van der Waals surface area contributed by atoms with Crippen LogP contribution in [0.5, 0.6) is 0 Å². The maximum absolute atomic E-state index is 11.0. The van der Waals surface area contributed by atoms with Gasteiger partial charge in [0, 0.05) is 29.5 Å². The molecule has 104 valence electrons. The van der Waals surface area contributed by atoms with Crippen LogP contribution >= 0.6 is 11.6 Å². The van der Waals surface area contributed by atoms with Gasteiger partial charge in [0.1, 0.15) is 0 Å². The SMILES string of the molecule is COC(CC1CNCC1[N+](=O)[O-])c1ccc(Cl)cc1. The number of hydrogen-bond donors (Lipinski definition) is 1. The average molecular weight is 285 g/mol. The van der Waals surface area contributed by atoms with Gasteiger partial charge in [-0.2, -0.15) is 0 Å². The summed E-state index contributed by atoms with van der Waals surface area (Å²) in [5.41, 5.74) is 1.00. The fourth-order valence-corrected chi connectivity index (χ4v) is 2.65. The molecule has 1 saturated heterocycles. The molecule has 1 aliphatic rings. The van der Waals surface area contributed by atoms with Crippen LogP contribution < -0.4 is 5.32 Å². The molecule has 2 rings (SSSR count). The Bertz CT molecular complexity index is 438. The summed E-state index contributed by atoms with van der Waals surface area (Å²) in [6, 6.07) is 6.90. The Labute approximate surface area is 117 Å². The van der Waals surface area contributed by atoms with Gasteiger partial charge in [-0.1, -0.05) is 23.7 Å². The molecule has 0 spiro atoms. The number of nitro groups is 1. The minimum atomic E-state index is -0.523. The summed E-state index contributed by atoms with van der Waals surface area (Å²) in [5, 5.41) is 14.7. The molecule has 1 aromatic rings. The fraction of sp³-hybridized carbons (Fsp3) is 0.538. The van der Waals surface area contributed by atoms with Crippen molar-refractivity contribution in [2.45, 2.75) is 18.6 Å². The van der Waals surface area contributed by atoms with E-state index in [0.717, 1.165) is 5.56 Å². The van der Waals surface area contributed by atoms with Gasteiger partial charge in [-0.25, -0.2) is 0 Å². The molecular formula is C13H17ClN2O3. The molecular weight excluding hydrogens is 268 g/mol. The predicted molar refractivity (Wildman–Crippen MR) is 73.0 cm³/mol. The third-order valence-electron chi connectivity index (χ3n) is 3.62. The smallest absolute Gasteiger partial charge is 0.229 e. The molecule has 1 aromatic carbocycles. The Morgan fingerprint density at radius 3 is 2.74 bits per heavy atom. The highest BCUT2D eigenvalue weighted by Crippen LogP contribution is 2.29. The van der Waals surface area contributed by atoms with Crippen LogP contribution in [0.1, 0.15) is 18.1 Å². The number of ether oxygens (including phenoxy) is 1.